The summed E-state index contributed by atoms with van der Waals surface area (Å²) in [7, 11) is 1.64. The molecule has 196 valence electrons. The molecule has 0 aliphatic carbocycles. The third-order valence-electron chi connectivity index (χ3n) is 7.94. The van der Waals surface area contributed by atoms with E-state index in [4.69, 9.17) is 14.6 Å². The summed E-state index contributed by atoms with van der Waals surface area (Å²) >= 11 is 0. The quantitative estimate of drug-likeness (QED) is 0.595. The van der Waals surface area contributed by atoms with Gasteiger partial charge in [-0.1, -0.05) is 17.7 Å². The van der Waals surface area contributed by atoms with E-state index in [1.54, 1.807) is 12.1 Å². The molecule has 7 nitrogen and oxygen atoms in total. The molecule has 3 aliphatic heterocycles. The third kappa shape index (κ3) is 4.28. The lowest BCUT2D eigenvalue weighted by atomic mass is 9.80. The molecule has 0 saturated carbocycles. The Labute approximate surface area is 219 Å². The Bertz CT molecular complexity index is 1300. The number of fused-ring (bicyclic) bond motifs is 1. The molecule has 0 aromatic heterocycles. The predicted octanol–water partition coefficient (Wildman–Crippen LogP) is 4.90. The van der Waals surface area contributed by atoms with Crippen molar-refractivity contribution >= 4 is 17.5 Å². The van der Waals surface area contributed by atoms with Crippen molar-refractivity contribution in [2.75, 3.05) is 20.2 Å². The first-order valence-electron chi connectivity index (χ1n) is 13.1. The zero-order chi connectivity index (χ0) is 26.7. The Hall–Kier alpha value is -3.35. The molecule has 0 bridgehead atoms. The van der Waals surface area contributed by atoms with Gasteiger partial charge < -0.3 is 14.4 Å². The molecule has 0 N–H and O–H groups in total. The highest BCUT2D eigenvalue weighted by Crippen LogP contribution is 2.46. The Balaban J connectivity index is 1.39. The van der Waals surface area contributed by atoms with Crippen molar-refractivity contribution in [1.29, 1.82) is 0 Å². The molecule has 0 radical (unpaired) electrons. The molecule has 5 rings (SSSR count). The van der Waals surface area contributed by atoms with Gasteiger partial charge in [0.15, 0.2) is 11.5 Å². The first-order chi connectivity index (χ1) is 17.4. The zero-order valence-corrected chi connectivity index (χ0v) is 23.0. The van der Waals surface area contributed by atoms with E-state index in [2.05, 4.69) is 13.8 Å². The predicted molar refractivity (Wildman–Crippen MR) is 143 cm³/mol. The summed E-state index contributed by atoms with van der Waals surface area (Å²) in [5.41, 5.74) is 4.47. The number of aryl methyl sites for hydroxylation is 2. The maximum atomic E-state index is 13.7. The molecule has 2 amide bonds. The van der Waals surface area contributed by atoms with E-state index in [9.17, 15) is 9.59 Å². The Kier molecular flexibility index (Phi) is 6.08. The van der Waals surface area contributed by atoms with Crippen LogP contribution in [0.3, 0.4) is 0 Å². The summed E-state index contributed by atoms with van der Waals surface area (Å²) < 4.78 is 11.8. The number of hydrogen-bond donors (Lipinski definition) is 0. The van der Waals surface area contributed by atoms with Gasteiger partial charge in [-0.05, 0) is 78.1 Å². The van der Waals surface area contributed by atoms with Crippen LogP contribution < -0.4 is 9.47 Å². The normalized spacial score (nSPS) is 20.5. The van der Waals surface area contributed by atoms with Gasteiger partial charge >= 0.3 is 0 Å². The molecule has 2 aromatic carbocycles. The van der Waals surface area contributed by atoms with Gasteiger partial charge in [0.2, 0.25) is 0 Å². The van der Waals surface area contributed by atoms with E-state index in [0.717, 1.165) is 45.7 Å². The monoisotopic (exact) mass is 503 g/mol. The van der Waals surface area contributed by atoms with Gasteiger partial charge in [-0.15, -0.1) is 0 Å². The van der Waals surface area contributed by atoms with Gasteiger partial charge in [0.05, 0.1) is 24.3 Å². The molecule has 0 unspecified atom stereocenters. The van der Waals surface area contributed by atoms with Crippen LogP contribution in [0.2, 0.25) is 0 Å². The highest BCUT2D eigenvalue weighted by molar-refractivity contribution is 6.20. The average Bonchev–Trinajstić information content (AvgIpc) is 3.31. The summed E-state index contributed by atoms with van der Waals surface area (Å²) in [6.45, 7) is 13.2. The summed E-state index contributed by atoms with van der Waals surface area (Å²) in [6.07, 6.45) is 2.12. The van der Waals surface area contributed by atoms with Crippen LogP contribution in [0.25, 0.3) is 0 Å². The van der Waals surface area contributed by atoms with Crippen LogP contribution in [0.5, 0.6) is 11.5 Å². The molecule has 0 spiro atoms. The molecule has 2 aromatic rings. The van der Waals surface area contributed by atoms with Crippen molar-refractivity contribution in [2.24, 2.45) is 10.5 Å². The van der Waals surface area contributed by atoms with Crippen molar-refractivity contribution in [3.63, 3.8) is 0 Å². The van der Waals surface area contributed by atoms with E-state index in [-0.39, 0.29) is 23.5 Å². The number of amides is 2. The molecular weight excluding hydrogens is 466 g/mol. The maximum absolute atomic E-state index is 13.7. The minimum absolute atomic E-state index is 0.00421. The second-order valence-electron chi connectivity index (χ2n) is 11.7. The van der Waals surface area contributed by atoms with Crippen molar-refractivity contribution in [2.45, 2.75) is 72.4 Å². The van der Waals surface area contributed by atoms with Crippen LogP contribution in [-0.2, 0) is 11.2 Å². The van der Waals surface area contributed by atoms with Gasteiger partial charge in [-0.2, -0.15) is 5.10 Å². The maximum Gasteiger partial charge on any atom is 0.254 e. The first kappa shape index (κ1) is 25.3. The second kappa shape index (κ2) is 8.89. The fourth-order valence-corrected chi connectivity index (χ4v) is 5.77. The molecule has 37 heavy (non-hydrogen) atoms. The van der Waals surface area contributed by atoms with Crippen LogP contribution in [0, 0.1) is 19.3 Å². The minimum Gasteiger partial charge on any atom is -0.493 e. The zero-order valence-electron chi connectivity index (χ0n) is 23.0. The van der Waals surface area contributed by atoms with Gasteiger partial charge in [0.1, 0.15) is 5.60 Å². The number of carbonyl (C=O) groups is 2. The third-order valence-corrected chi connectivity index (χ3v) is 7.94. The lowest BCUT2D eigenvalue weighted by Crippen LogP contribution is -2.47. The number of likely N-dealkylation sites (tertiary alicyclic amines) is 1. The Morgan fingerprint density at radius 1 is 1.08 bits per heavy atom. The summed E-state index contributed by atoms with van der Waals surface area (Å²) in [4.78, 5) is 28.8. The highest BCUT2D eigenvalue weighted by atomic mass is 16.5. The van der Waals surface area contributed by atoms with Gasteiger partial charge in [0, 0.05) is 36.2 Å². The van der Waals surface area contributed by atoms with Gasteiger partial charge in [0.25, 0.3) is 11.8 Å². The average molecular weight is 504 g/mol. The summed E-state index contributed by atoms with van der Waals surface area (Å²) in [5, 5.41) is 6.64. The molecule has 7 heteroatoms. The van der Waals surface area contributed by atoms with Crippen molar-refractivity contribution in [3.8, 4) is 11.5 Å². The van der Waals surface area contributed by atoms with E-state index in [1.807, 2.05) is 62.9 Å². The van der Waals surface area contributed by atoms with Gasteiger partial charge in [-0.3, -0.25) is 9.59 Å². The van der Waals surface area contributed by atoms with Crippen molar-refractivity contribution in [3.05, 3.63) is 58.1 Å². The molecule has 3 aliphatic rings. The Morgan fingerprint density at radius 2 is 1.78 bits per heavy atom. The van der Waals surface area contributed by atoms with E-state index in [0.29, 0.717) is 31.7 Å². The first-order valence-corrected chi connectivity index (χ1v) is 13.1. The molecular formula is C30H37N3O4. The summed E-state index contributed by atoms with van der Waals surface area (Å²) in [5.74, 6) is 1.51. The van der Waals surface area contributed by atoms with Crippen LogP contribution in [-0.4, -0.2) is 59.3 Å². The number of piperidine rings is 1. The molecule has 0 atom stereocenters. The lowest BCUT2D eigenvalue weighted by Gasteiger charge is -2.35. The number of benzene rings is 2. The van der Waals surface area contributed by atoms with Crippen LogP contribution >= 0.6 is 0 Å². The molecule has 1 saturated heterocycles. The van der Waals surface area contributed by atoms with Gasteiger partial charge in [-0.25, -0.2) is 5.01 Å². The standard InChI is InChI=1S/C30H37N3O4/c1-18-8-9-19(2)22(16-18)27(34)32-14-12-20(13-15-32)33-28(35)30(5,6)26(31-33)21-10-11-24(36-7)25-23(21)17-29(3,4)37-25/h8-11,16,20H,12-15,17H2,1-7H3. The fourth-order valence-electron chi connectivity index (χ4n) is 5.77. The summed E-state index contributed by atoms with van der Waals surface area (Å²) in [6, 6.07) is 9.86. The number of ether oxygens (including phenoxy) is 2. The van der Waals surface area contributed by atoms with E-state index < -0.39 is 5.41 Å². The fraction of sp³-hybridized carbons (Fsp3) is 0.500. The van der Waals surface area contributed by atoms with E-state index in [1.165, 1.54) is 0 Å². The number of rotatable bonds is 4. The molecule has 1 fully saturated rings. The topological polar surface area (TPSA) is 71.4 Å². The number of hydrazone groups is 1. The van der Waals surface area contributed by atoms with Crippen LogP contribution in [0.4, 0.5) is 0 Å². The van der Waals surface area contributed by atoms with Crippen LogP contribution in [0.1, 0.15) is 73.1 Å². The SMILES string of the molecule is COc1ccc(C2=NN(C3CCN(C(=O)c4cc(C)ccc4C)CC3)C(=O)C2(C)C)c2c1OC(C)(C)C2. The minimum atomic E-state index is -0.763. The molecule has 3 heterocycles. The smallest absolute Gasteiger partial charge is 0.254 e. The van der Waals surface area contributed by atoms with Crippen molar-refractivity contribution < 1.29 is 19.1 Å². The van der Waals surface area contributed by atoms with E-state index >= 15 is 0 Å². The number of methoxy groups -OCH3 is 1. The number of nitrogens with zero attached hydrogens (tertiary/aromatic N) is 3. The van der Waals surface area contributed by atoms with Crippen molar-refractivity contribution in [1.82, 2.24) is 9.91 Å². The second-order valence-corrected chi connectivity index (χ2v) is 11.7. The Morgan fingerprint density at radius 3 is 2.46 bits per heavy atom. The lowest BCUT2D eigenvalue weighted by molar-refractivity contribution is -0.137. The highest BCUT2D eigenvalue weighted by Gasteiger charge is 2.48. The number of hydrogen-bond acceptors (Lipinski definition) is 5. The van der Waals surface area contributed by atoms with Crippen LogP contribution in [0.15, 0.2) is 35.4 Å². The number of carbonyl (C=O) groups excluding carboxylic acids is 2. The largest absolute Gasteiger partial charge is 0.493 e.